The Hall–Kier alpha value is -0.730. The number of hydrogen-bond donors (Lipinski definition) is 0. The Morgan fingerprint density at radius 3 is 1.88 bits per heavy atom. The van der Waals surface area contributed by atoms with Gasteiger partial charge in [0.25, 0.3) is 0 Å². The van der Waals surface area contributed by atoms with Gasteiger partial charge < -0.3 is 9.47 Å². The average Bonchev–Trinajstić information content (AvgIpc) is 1.68. The third-order valence-corrected chi connectivity index (χ3v) is 0.524. The predicted octanol–water partition coefficient (Wildman–Crippen LogP) is 1.18. The number of carbonyl (C=O) groups excluding carboxylic acids is 1. The van der Waals surface area contributed by atoms with Crippen LogP contribution in [-0.2, 0) is 9.47 Å². The SMILES string of the molecule is C[13CH2]OC(=O)O[13CH2]C. The fraction of sp³-hybridized carbons (Fsp3) is 0.800. The molecule has 0 heterocycles. The van der Waals surface area contributed by atoms with Gasteiger partial charge in [0.2, 0.25) is 0 Å². The van der Waals surface area contributed by atoms with E-state index < -0.39 is 6.16 Å². The van der Waals surface area contributed by atoms with E-state index in [4.69, 9.17) is 0 Å². The van der Waals surface area contributed by atoms with Gasteiger partial charge in [0, 0.05) is 0 Å². The molecular formula is C5H10O3. The molecule has 48 valence electrons. The van der Waals surface area contributed by atoms with Gasteiger partial charge >= 0.3 is 6.16 Å². The summed E-state index contributed by atoms with van der Waals surface area (Å²) in [6.45, 7) is 4.21. The minimum atomic E-state index is -0.588. The fourth-order valence-corrected chi connectivity index (χ4v) is 0.277. The van der Waals surface area contributed by atoms with Gasteiger partial charge in [-0.15, -0.1) is 0 Å². The lowest BCUT2D eigenvalue weighted by Gasteiger charge is -1.98. The van der Waals surface area contributed by atoms with Gasteiger partial charge in [-0.3, -0.25) is 0 Å². The van der Waals surface area contributed by atoms with Crippen LogP contribution in [0.3, 0.4) is 0 Å². The summed E-state index contributed by atoms with van der Waals surface area (Å²) in [5.74, 6) is 0. The smallest absolute Gasteiger partial charge is 0.435 e. The molecule has 0 saturated heterocycles. The Morgan fingerprint density at radius 2 is 1.62 bits per heavy atom. The quantitative estimate of drug-likeness (QED) is 0.405. The van der Waals surface area contributed by atoms with Crippen molar-refractivity contribution in [1.82, 2.24) is 0 Å². The zero-order valence-corrected chi connectivity index (χ0v) is 5.14. The van der Waals surface area contributed by atoms with Crippen LogP contribution in [0.5, 0.6) is 0 Å². The molecule has 0 aliphatic carbocycles. The van der Waals surface area contributed by atoms with Crippen LogP contribution in [0.1, 0.15) is 13.8 Å². The molecule has 0 bridgehead atoms. The highest BCUT2D eigenvalue weighted by atomic mass is 16.8. The highest BCUT2D eigenvalue weighted by Gasteiger charge is 1.96. The maximum atomic E-state index is 10.2. The van der Waals surface area contributed by atoms with Crippen LogP contribution in [0.4, 0.5) is 4.79 Å². The molecular weight excluding hydrogens is 110 g/mol. The number of rotatable bonds is 2. The highest BCUT2D eigenvalue weighted by Crippen LogP contribution is 1.81. The lowest BCUT2D eigenvalue weighted by atomic mass is 11.2. The minimum absolute atomic E-state index is 0.374. The first-order valence-electron chi connectivity index (χ1n) is 2.60. The summed E-state index contributed by atoms with van der Waals surface area (Å²) >= 11 is 0. The Labute approximate surface area is 48.6 Å². The third kappa shape index (κ3) is 3.46. The summed E-state index contributed by atoms with van der Waals surface area (Å²) in [4.78, 5) is 10.2. The zero-order valence-electron chi connectivity index (χ0n) is 5.14. The van der Waals surface area contributed by atoms with Gasteiger partial charge in [0.15, 0.2) is 0 Å². The van der Waals surface area contributed by atoms with E-state index in [9.17, 15) is 4.79 Å². The molecule has 0 aliphatic rings. The van der Waals surface area contributed by atoms with E-state index in [-0.39, 0.29) is 0 Å². The van der Waals surface area contributed by atoms with Crippen molar-refractivity contribution in [3.05, 3.63) is 0 Å². The van der Waals surface area contributed by atoms with Crippen molar-refractivity contribution in [2.75, 3.05) is 13.2 Å². The molecule has 0 amide bonds. The summed E-state index contributed by atoms with van der Waals surface area (Å²) in [6, 6.07) is 0. The minimum Gasteiger partial charge on any atom is -0.435 e. The molecule has 0 spiro atoms. The molecule has 3 nitrogen and oxygen atoms in total. The van der Waals surface area contributed by atoms with Crippen LogP contribution in [0.25, 0.3) is 0 Å². The Bertz CT molecular complexity index is 62.1. The standard InChI is InChI=1S/C5H10O3/c1-3-7-5(6)8-4-2/h3-4H2,1-2H3/i3+1,4+1. The lowest BCUT2D eigenvalue weighted by Crippen LogP contribution is -2.05. The second kappa shape index (κ2) is 4.43. The molecule has 0 aromatic heterocycles. The molecule has 0 saturated carbocycles. The normalized spacial score (nSPS) is 8.25. The Morgan fingerprint density at radius 1 is 1.25 bits per heavy atom. The summed E-state index contributed by atoms with van der Waals surface area (Å²) in [5, 5.41) is 0. The summed E-state index contributed by atoms with van der Waals surface area (Å²) < 4.78 is 8.84. The summed E-state index contributed by atoms with van der Waals surface area (Å²) in [7, 11) is 0. The first kappa shape index (κ1) is 7.27. The van der Waals surface area contributed by atoms with Crippen molar-refractivity contribution >= 4 is 6.16 Å². The molecule has 0 rings (SSSR count). The molecule has 0 atom stereocenters. The molecule has 0 unspecified atom stereocenters. The van der Waals surface area contributed by atoms with E-state index in [2.05, 4.69) is 9.47 Å². The first-order valence-corrected chi connectivity index (χ1v) is 2.60. The lowest BCUT2D eigenvalue weighted by molar-refractivity contribution is 0.0630. The molecule has 0 aromatic carbocycles. The molecule has 0 fully saturated rings. The largest absolute Gasteiger partial charge is 0.508 e. The average molecular weight is 120 g/mol. The zero-order chi connectivity index (χ0) is 6.41. The van der Waals surface area contributed by atoms with Crippen LogP contribution in [0.15, 0.2) is 0 Å². The highest BCUT2D eigenvalue weighted by molar-refractivity contribution is 5.59. The maximum absolute atomic E-state index is 10.2. The van der Waals surface area contributed by atoms with E-state index >= 15 is 0 Å². The number of ether oxygens (including phenoxy) is 2. The predicted molar refractivity (Wildman–Crippen MR) is 28.6 cm³/mol. The monoisotopic (exact) mass is 120 g/mol. The Kier molecular flexibility index (Phi) is 4.03. The van der Waals surface area contributed by atoms with E-state index in [0.29, 0.717) is 13.2 Å². The molecule has 0 aliphatic heterocycles. The van der Waals surface area contributed by atoms with Crippen molar-refractivity contribution in [2.45, 2.75) is 13.8 Å². The fourth-order valence-electron chi connectivity index (χ4n) is 0.277. The van der Waals surface area contributed by atoms with E-state index in [1.54, 1.807) is 13.8 Å². The molecule has 0 aromatic rings. The van der Waals surface area contributed by atoms with E-state index in [1.165, 1.54) is 0 Å². The van der Waals surface area contributed by atoms with E-state index in [1.807, 2.05) is 0 Å². The van der Waals surface area contributed by atoms with Crippen LogP contribution in [-0.4, -0.2) is 19.4 Å². The summed E-state index contributed by atoms with van der Waals surface area (Å²) in [6.07, 6.45) is -0.588. The third-order valence-electron chi connectivity index (χ3n) is 0.524. The van der Waals surface area contributed by atoms with Gasteiger partial charge in [-0.25, -0.2) is 4.79 Å². The second-order valence-corrected chi connectivity index (χ2v) is 1.12. The van der Waals surface area contributed by atoms with Gasteiger partial charge in [0.1, 0.15) is 0 Å². The topological polar surface area (TPSA) is 35.5 Å². The molecule has 8 heavy (non-hydrogen) atoms. The van der Waals surface area contributed by atoms with Crippen molar-refractivity contribution in [1.29, 1.82) is 0 Å². The molecule has 0 radical (unpaired) electrons. The van der Waals surface area contributed by atoms with E-state index in [0.717, 1.165) is 0 Å². The van der Waals surface area contributed by atoms with Crippen molar-refractivity contribution in [3.63, 3.8) is 0 Å². The van der Waals surface area contributed by atoms with Gasteiger partial charge in [0.05, 0.1) is 13.2 Å². The van der Waals surface area contributed by atoms with Gasteiger partial charge in [-0.1, -0.05) is 0 Å². The number of hydrogen-bond acceptors (Lipinski definition) is 3. The second-order valence-electron chi connectivity index (χ2n) is 1.12. The first-order chi connectivity index (χ1) is 3.81. The van der Waals surface area contributed by atoms with Crippen molar-refractivity contribution in [2.24, 2.45) is 0 Å². The van der Waals surface area contributed by atoms with Crippen LogP contribution in [0.2, 0.25) is 0 Å². The van der Waals surface area contributed by atoms with Crippen molar-refractivity contribution < 1.29 is 14.3 Å². The summed E-state index contributed by atoms with van der Waals surface area (Å²) in [5.41, 5.74) is 0. The molecule has 3 heteroatoms. The van der Waals surface area contributed by atoms with Crippen LogP contribution in [0, 0.1) is 0 Å². The molecule has 0 N–H and O–H groups in total. The van der Waals surface area contributed by atoms with Gasteiger partial charge in [-0.2, -0.15) is 0 Å². The number of carbonyl (C=O) groups is 1. The van der Waals surface area contributed by atoms with Crippen molar-refractivity contribution in [3.8, 4) is 0 Å². The maximum Gasteiger partial charge on any atom is 0.508 e. The van der Waals surface area contributed by atoms with Crippen LogP contribution < -0.4 is 0 Å². The van der Waals surface area contributed by atoms with Gasteiger partial charge in [-0.05, 0) is 13.8 Å². The Balaban J connectivity index is 3.06. The van der Waals surface area contributed by atoms with Crippen LogP contribution >= 0.6 is 0 Å².